The topological polar surface area (TPSA) is 97.9 Å². The Bertz CT molecular complexity index is 984. The first-order valence-electron chi connectivity index (χ1n) is 8.77. The van der Waals surface area contributed by atoms with Crippen molar-refractivity contribution in [2.75, 3.05) is 18.8 Å². The molecule has 1 atom stereocenters. The summed E-state index contributed by atoms with van der Waals surface area (Å²) in [6.45, 7) is 5.26. The quantitative estimate of drug-likeness (QED) is 0.750. The lowest BCUT2D eigenvalue weighted by atomic mass is 10.00. The average molecular weight is 380 g/mol. The summed E-state index contributed by atoms with van der Waals surface area (Å²) in [5, 5.41) is 0. The fourth-order valence-corrected chi connectivity index (χ4v) is 4.16. The number of nitrogens with zero attached hydrogens (tertiary/aromatic N) is 5. The number of anilines is 1. The summed E-state index contributed by atoms with van der Waals surface area (Å²) in [6.07, 6.45) is 4.34. The molecule has 0 spiro atoms. The predicted molar refractivity (Wildman–Crippen MR) is 105 cm³/mol. The zero-order chi connectivity index (χ0) is 19.0. The summed E-state index contributed by atoms with van der Waals surface area (Å²) in [7, 11) is 0. The highest BCUT2D eigenvalue weighted by Gasteiger charge is 2.30. The Morgan fingerprint density at radius 2 is 1.96 bits per heavy atom. The van der Waals surface area contributed by atoms with Crippen molar-refractivity contribution in [3.05, 3.63) is 52.0 Å². The highest BCUT2D eigenvalue weighted by molar-refractivity contribution is 7.11. The Hall–Kier alpha value is -2.87. The van der Waals surface area contributed by atoms with Gasteiger partial charge in [0, 0.05) is 48.4 Å². The first-order valence-corrected chi connectivity index (χ1v) is 9.65. The first kappa shape index (κ1) is 17.5. The van der Waals surface area contributed by atoms with Gasteiger partial charge in [0.1, 0.15) is 4.88 Å². The van der Waals surface area contributed by atoms with E-state index in [-0.39, 0.29) is 17.8 Å². The summed E-state index contributed by atoms with van der Waals surface area (Å²) in [5.74, 6) is 0.542. The van der Waals surface area contributed by atoms with Crippen molar-refractivity contribution in [3.63, 3.8) is 0 Å². The molecule has 1 saturated heterocycles. The lowest BCUT2D eigenvalue weighted by Gasteiger charge is -2.16. The Kier molecular flexibility index (Phi) is 4.57. The number of hydrogen-bond acceptors (Lipinski definition) is 7. The molecule has 4 heterocycles. The van der Waals surface area contributed by atoms with Crippen LogP contribution in [0, 0.1) is 13.8 Å². The number of carbonyl (C=O) groups is 1. The minimum atomic E-state index is 0.0670. The summed E-state index contributed by atoms with van der Waals surface area (Å²) >= 11 is 1.40. The van der Waals surface area contributed by atoms with E-state index in [0.717, 1.165) is 46.1 Å². The van der Waals surface area contributed by atoms with Gasteiger partial charge in [0.05, 0.1) is 11.2 Å². The van der Waals surface area contributed by atoms with Crippen molar-refractivity contribution >= 4 is 23.2 Å². The van der Waals surface area contributed by atoms with Crippen molar-refractivity contribution in [2.24, 2.45) is 0 Å². The van der Waals surface area contributed by atoms with Crippen LogP contribution >= 0.6 is 11.3 Å². The van der Waals surface area contributed by atoms with Gasteiger partial charge in [0.2, 0.25) is 5.95 Å². The zero-order valence-electron chi connectivity index (χ0n) is 15.2. The lowest BCUT2D eigenvalue weighted by molar-refractivity contribution is 0.0794. The third-order valence-electron chi connectivity index (χ3n) is 4.81. The van der Waals surface area contributed by atoms with Crippen molar-refractivity contribution in [1.82, 2.24) is 24.8 Å². The van der Waals surface area contributed by atoms with E-state index in [9.17, 15) is 4.79 Å². The number of pyridine rings is 1. The van der Waals surface area contributed by atoms with E-state index in [2.05, 4.69) is 21.0 Å². The maximum absolute atomic E-state index is 12.7. The molecule has 0 bridgehead atoms. The van der Waals surface area contributed by atoms with Crippen LogP contribution in [-0.4, -0.2) is 43.8 Å². The number of thiazole rings is 1. The van der Waals surface area contributed by atoms with Gasteiger partial charge in [0.25, 0.3) is 5.91 Å². The van der Waals surface area contributed by atoms with Gasteiger partial charge in [-0.25, -0.2) is 15.0 Å². The Labute approximate surface area is 161 Å². The van der Waals surface area contributed by atoms with Crippen LogP contribution in [0.3, 0.4) is 0 Å². The van der Waals surface area contributed by atoms with E-state index >= 15 is 0 Å². The monoisotopic (exact) mass is 380 g/mol. The molecule has 0 unspecified atom stereocenters. The van der Waals surface area contributed by atoms with Gasteiger partial charge in [-0.3, -0.25) is 9.78 Å². The smallest absolute Gasteiger partial charge is 0.265 e. The number of aromatic nitrogens is 4. The van der Waals surface area contributed by atoms with Gasteiger partial charge in [0.15, 0.2) is 0 Å². The van der Waals surface area contributed by atoms with Gasteiger partial charge in [-0.1, -0.05) is 0 Å². The van der Waals surface area contributed by atoms with Crippen molar-refractivity contribution in [3.8, 4) is 11.1 Å². The molecular formula is C19H20N6OS. The highest BCUT2D eigenvalue weighted by atomic mass is 32.1. The van der Waals surface area contributed by atoms with Gasteiger partial charge < -0.3 is 10.6 Å². The maximum atomic E-state index is 12.7. The van der Waals surface area contributed by atoms with Crippen LogP contribution in [-0.2, 0) is 0 Å². The fraction of sp³-hybridized carbons (Fsp3) is 0.316. The third-order valence-corrected chi connectivity index (χ3v) is 5.73. The minimum absolute atomic E-state index is 0.0670. The molecule has 3 aromatic rings. The highest BCUT2D eigenvalue weighted by Crippen LogP contribution is 2.31. The summed E-state index contributed by atoms with van der Waals surface area (Å²) < 4.78 is 0. The largest absolute Gasteiger partial charge is 0.368 e. The van der Waals surface area contributed by atoms with Gasteiger partial charge >= 0.3 is 0 Å². The van der Waals surface area contributed by atoms with Crippen LogP contribution in [0.5, 0.6) is 0 Å². The Morgan fingerprint density at radius 1 is 1.19 bits per heavy atom. The normalized spacial score (nSPS) is 16.7. The second-order valence-electron chi connectivity index (χ2n) is 6.76. The van der Waals surface area contributed by atoms with E-state index in [0.29, 0.717) is 6.54 Å². The predicted octanol–water partition coefficient (Wildman–Crippen LogP) is 2.82. The molecule has 0 saturated carbocycles. The lowest BCUT2D eigenvalue weighted by Crippen LogP contribution is -2.28. The Morgan fingerprint density at radius 3 is 2.67 bits per heavy atom. The molecule has 8 heteroatoms. The molecule has 7 nitrogen and oxygen atoms in total. The fourth-order valence-electron chi connectivity index (χ4n) is 3.39. The molecule has 3 aromatic heterocycles. The van der Waals surface area contributed by atoms with Gasteiger partial charge in [-0.05, 0) is 38.0 Å². The number of nitrogens with two attached hydrogens (primary N) is 1. The number of aryl methyl sites for hydroxylation is 2. The van der Waals surface area contributed by atoms with E-state index in [1.807, 2.05) is 24.8 Å². The molecule has 1 fully saturated rings. The zero-order valence-corrected chi connectivity index (χ0v) is 16.0. The molecule has 2 N–H and O–H groups in total. The van der Waals surface area contributed by atoms with Crippen LogP contribution in [0.2, 0.25) is 0 Å². The number of rotatable bonds is 3. The van der Waals surface area contributed by atoms with Gasteiger partial charge in [-0.15, -0.1) is 11.3 Å². The van der Waals surface area contributed by atoms with Crippen molar-refractivity contribution in [1.29, 1.82) is 0 Å². The van der Waals surface area contributed by atoms with Gasteiger partial charge in [-0.2, -0.15) is 0 Å². The van der Waals surface area contributed by atoms with Crippen LogP contribution < -0.4 is 5.73 Å². The number of amides is 1. The molecule has 0 aromatic carbocycles. The van der Waals surface area contributed by atoms with Crippen LogP contribution in [0.1, 0.15) is 39.1 Å². The second-order valence-corrected chi connectivity index (χ2v) is 7.61. The summed E-state index contributed by atoms with van der Waals surface area (Å²) in [5.41, 5.74) is 12.0. The van der Waals surface area contributed by atoms with Crippen molar-refractivity contribution < 1.29 is 4.79 Å². The van der Waals surface area contributed by atoms with Crippen molar-refractivity contribution in [2.45, 2.75) is 26.2 Å². The number of carbonyl (C=O) groups excluding carboxylic acids is 1. The Balaban J connectivity index is 1.56. The molecule has 4 rings (SSSR count). The number of nitrogen functional groups attached to an aromatic ring is 1. The molecule has 1 amide bonds. The standard InChI is InChI=1S/C19H20N6OS/c1-11-5-14(15-7-21-19(20)22-8-15)6-16(24-11)13-3-4-25(9-13)18(26)17-12(2)23-10-27-17/h5-8,10,13H,3-4,9H2,1-2H3,(H2,20,21,22)/t13-/m0/s1. The van der Waals surface area contributed by atoms with E-state index in [4.69, 9.17) is 10.7 Å². The first-order chi connectivity index (χ1) is 13.0. The molecule has 27 heavy (non-hydrogen) atoms. The maximum Gasteiger partial charge on any atom is 0.265 e. The third kappa shape index (κ3) is 3.52. The molecule has 1 aliphatic rings. The molecule has 138 valence electrons. The van der Waals surface area contributed by atoms with E-state index in [1.54, 1.807) is 17.9 Å². The SMILES string of the molecule is Cc1cc(-c2cnc(N)nc2)cc([C@H]2CCN(C(=O)c3scnc3C)C2)n1. The molecule has 0 radical (unpaired) electrons. The summed E-state index contributed by atoms with van der Waals surface area (Å²) in [4.78, 5) is 32.4. The minimum Gasteiger partial charge on any atom is -0.368 e. The van der Waals surface area contributed by atoms with Crippen LogP contribution in [0.15, 0.2) is 30.0 Å². The van der Waals surface area contributed by atoms with E-state index < -0.39 is 0 Å². The molecule has 0 aliphatic carbocycles. The van der Waals surface area contributed by atoms with Crippen LogP contribution in [0.4, 0.5) is 5.95 Å². The number of hydrogen-bond donors (Lipinski definition) is 1. The van der Waals surface area contributed by atoms with E-state index in [1.165, 1.54) is 11.3 Å². The summed E-state index contributed by atoms with van der Waals surface area (Å²) in [6, 6.07) is 4.08. The average Bonchev–Trinajstić information content (AvgIpc) is 3.30. The molecular weight excluding hydrogens is 360 g/mol. The molecule has 1 aliphatic heterocycles. The number of likely N-dealkylation sites (tertiary alicyclic amines) is 1. The van der Waals surface area contributed by atoms with Crippen LogP contribution in [0.25, 0.3) is 11.1 Å². The second kappa shape index (κ2) is 7.03.